The van der Waals surface area contributed by atoms with Crippen LogP contribution in [-0.4, -0.2) is 36.7 Å². The standard InChI is InChI=1S/C10H15N3O2S/c1-3-15-9(14)8-6(2)12-10(16-8)13-4-7(11)5-13/h7H,3-5,11H2,1-2H3. The number of ether oxygens (including phenoxy) is 1. The zero-order valence-electron chi connectivity index (χ0n) is 9.40. The highest BCUT2D eigenvalue weighted by molar-refractivity contribution is 7.17. The van der Waals surface area contributed by atoms with E-state index in [1.807, 2.05) is 6.92 Å². The van der Waals surface area contributed by atoms with Gasteiger partial charge in [0.1, 0.15) is 4.88 Å². The third-order valence-corrected chi connectivity index (χ3v) is 3.62. The van der Waals surface area contributed by atoms with Crippen LogP contribution in [0, 0.1) is 6.92 Å². The Balaban J connectivity index is 2.12. The summed E-state index contributed by atoms with van der Waals surface area (Å²) < 4.78 is 4.96. The van der Waals surface area contributed by atoms with E-state index in [0.717, 1.165) is 23.9 Å². The molecule has 2 heterocycles. The summed E-state index contributed by atoms with van der Waals surface area (Å²) in [7, 11) is 0. The molecule has 0 aliphatic carbocycles. The van der Waals surface area contributed by atoms with E-state index >= 15 is 0 Å². The van der Waals surface area contributed by atoms with Gasteiger partial charge < -0.3 is 15.4 Å². The van der Waals surface area contributed by atoms with Gasteiger partial charge in [-0.25, -0.2) is 9.78 Å². The zero-order chi connectivity index (χ0) is 11.7. The fraction of sp³-hybridized carbons (Fsp3) is 0.600. The molecule has 1 fully saturated rings. The van der Waals surface area contributed by atoms with E-state index in [2.05, 4.69) is 9.88 Å². The molecule has 1 aromatic heterocycles. The molecule has 88 valence electrons. The van der Waals surface area contributed by atoms with Crippen LogP contribution in [-0.2, 0) is 4.74 Å². The van der Waals surface area contributed by atoms with Crippen molar-refractivity contribution >= 4 is 22.4 Å². The van der Waals surface area contributed by atoms with Crippen LogP contribution in [0.5, 0.6) is 0 Å². The Hall–Kier alpha value is -1.14. The molecule has 1 aromatic rings. The second-order valence-electron chi connectivity index (χ2n) is 3.80. The molecule has 0 bridgehead atoms. The Morgan fingerprint density at radius 2 is 2.38 bits per heavy atom. The van der Waals surface area contributed by atoms with Gasteiger partial charge in [0.25, 0.3) is 0 Å². The lowest BCUT2D eigenvalue weighted by atomic mass is 10.1. The van der Waals surface area contributed by atoms with Gasteiger partial charge in [-0.2, -0.15) is 0 Å². The summed E-state index contributed by atoms with van der Waals surface area (Å²) in [5.41, 5.74) is 6.44. The number of thiazole rings is 1. The first-order chi connectivity index (χ1) is 7.61. The van der Waals surface area contributed by atoms with E-state index in [-0.39, 0.29) is 12.0 Å². The predicted octanol–water partition coefficient (Wildman–Crippen LogP) is 0.776. The summed E-state index contributed by atoms with van der Waals surface area (Å²) in [5, 5.41) is 0.863. The maximum atomic E-state index is 11.6. The number of rotatable bonds is 3. The summed E-state index contributed by atoms with van der Waals surface area (Å²) in [6, 6.07) is 0.232. The fourth-order valence-corrected chi connectivity index (χ4v) is 2.55. The molecule has 0 spiro atoms. The Kier molecular flexibility index (Phi) is 3.11. The van der Waals surface area contributed by atoms with Gasteiger partial charge in [-0.3, -0.25) is 0 Å². The lowest BCUT2D eigenvalue weighted by Gasteiger charge is -2.36. The van der Waals surface area contributed by atoms with Gasteiger partial charge in [-0.15, -0.1) is 0 Å². The highest BCUT2D eigenvalue weighted by atomic mass is 32.1. The number of hydrogen-bond acceptors (Lipinski definition) is 6. The van der Waals surface area contributed by atoms with Crippen LogP contribution >= 0.6 is 11.3 Å². The second kappa shape index (κ2) is 4.39. The number of carbonyl (C=O) groups is 1. The Morgan fingerprint density at radius 3 is 2.94 bits per heavy atom. The first kappa shape index (κ1) is 11.3. The van der Waals surface area contributed by atoms with Crippen LogP contribution < -0.4 is 10.6 Å². The van der Waals surface area contributed by atoms with Crippen molar-refractivity contribution in [1.29, 1.82) is 0 Å². The molecule has 5 nitrogen and oxygen atoms in total. The van der Waals surface area contributed by atoms with Crippen LogP contribution in [0.3, 0.4) is 0 Å². The van der Waals surface area contributed by atoms with E-state index in [1.54, 1.807) is 6.92 Å². The number of aromatic nitrogens is 1. The minimum Gasteiger partial charge on any atom is -0.462 e. The van der Waals surface area contributed by atoms with Gasteiger partial charge in [-0.05, 0) is 13.8 Å². The number of esters is 1. The minimum absolute atomic E-state index is 0.232. The van der Waals surface area contributed by atoms with Gasteiger partial charge in [0.15, 0.2) is 5.13 Å². The third kappa shape index (κ3) is 2.03. The maximum absolute atomic E-state index is 11.6. The summed E-state index contributed by atoms with van der Waals surface area (Å²) in [6.45, 7) is 5.64. The lowest BCUT2D eigenvalue weighted by Crippen LogP contribution is -2.55. The number of hydrogen-bond donors (Lipinski definition) is 1. The van der Waals surface area contributed by atoms with E-state index in [9.17, 15) is 4.79 Å². The van der Waals surface area contributed by atoms with Gasteiger partial charge in [0.05, 0.1) is 12.3 Å². The van der Waals surface area contributed by atoms with Crippen LogP contribution in [0.15, 0.2) is 0 Å². The molecule has 1 aliphatic heterocycles. The highest BCUT2D eigenvalue weighted by Crippen LogP contribution is 2.29. The van der Waals surface area contributed by atoms with Gasteiger partial charge in [-0.1, -0.05) is 11.3 Å². The average Bonchev–Trinajstić information content (AvgIpc) is 2.56. The van der Waals surface area contributed by atoms with Gasteiger partial charge >= 0.3 is 5.97 Å². The summed E-state index contributed by atoms with van der Waals surface area (Å²) in [5.74, 6) is -0.284. The van der Waals surface area contributed by atoms with Gasteiger partial charge in [0.2, 0.25) is 0 Å². The summed E-state index contributed by atoms with van der Waals surface area (Å²) in [4.78, 5) is 18.6. The average molecular weight is 241 g/mol. The molecule has 0 amide bonds. The number of nitrogens with two attached hydrogens (primary N) is 1. The van der Waals surface area contributed by atoms with Crippen molar-refractivity contribution in [3.8, 4) is 0 Å². The quantitative estimate of drug-likeness (QED) is 0.792. The number of carbonyl (C=O) groups excluding carboxylic acids is 1. The third-order valence-electron chi connectivity index (χ3n) is 2.43. The van der Waals surface area contributed by atoms with Crippen molar-refractivity contribution in [2.45, 2.75) is 19.9 Å². The molecule has 0 unspecified atom stereocenters. The highest BCUT2D eigenvalue weighted by Gasteiger charge is 2.27. The normalized spacial score (nSPS) is 16.1. The molecule has 0 atom stereocenters. The lowest BCUT2D eigenvalue weighted by molar-refractivity contribution is 0.0531. The Labute approximate surface area is 98.2 Å². The van der Waals surface area contributed by atoms with Gasteiger partial charge in [0, 0.05) is 19.1 Å². The smallest absolute Gasteiger partial charge is 0.350 e. The van der Waals surface area contributed by atoms with Crippen molar-refractivity contribution in [3.05, 3.63) is 10.6 Å². The molecule has 1 aliphatic rings. The molecule has 6 heteroatoms. The Bertz CT molecular complexity index is 399. The summed E-state index contributed by atoms with van der Waals surface area (Å²) in [6.07, 6.45) is 0. The van der Waals surface area contributed by atoms with Crippen LogP contribution in [0.25, 0.3) is 0 Å². The number of anilines is 1. The molecule has 2 N–H and O–H groups in total. The van der Waals surface area contributed by atoms with E-state index in [1.165, 1.54) is 11.3 Å². The second-order valence-corrected chi connectivity index (χ2v) is 4.77. The van der Waals surface area contributed by atoms with E-state index < -0.39 is 0 Å². The molecule has 1 saturated heterocycles. The molecule has 0 aromatic carbocycles. The van der Waals surface area contributed by atoms with Crippen LogP contribution in [0.4, 0.5) is 5.13 Å². The molecular formula is C10H15N3O2S. The van der Waals surface area contributed by atoms with E-state index in [4.69, 9.17) is 10.5 Å². The minimum atomic E-state index is -0.284. The van der Waals surface area contributed by atoms with E-state index in [0.29, 0.717) is 11.5 Å². The predicted molar refractivity (Wildman–Crippen MR) is 63.0 cm³/mol. The van der Waals surface area contributed by atoms with Crippen LogP contribution in [0.1, 0.15) is 22.3 Å². The summed E-state index contributed by atoms with van der Waals surface area (Å²) >= 11 is 1.38. The molecule has 16 heavy (non-hydrogen) atoms. The topological polar surface area (TPSA) is 68.5 Å². The molecule has 0 radical (unpaired) electrons. The SMILES string of the molecule is CCOC(=O)c1sc(N2CC(N)C2)nc1C. The fourth-order valence-electron chi connectivity index (χ4n) is 1.57. The maximum Gasteiger partial charge on any atom is 0.350 e. The monoisotopic (exact) mass is 241 g/mol. The van der Waals surface area contributed by atoms with Crippen molar-refractivity contribution in [1.82, 2.24) is 4.98 Å². The van der Waals surface area contributed by atoms with Crippen molar-refractivity contribution in [2.24, 2.45) is 5.73 Å². The number of aryl methyl sites for hydroxylation is 1. The molecule has 0 saturated carbocycles. The number of nitrogens with zero attached hydrogens (tertiary/aromatic N) is 2. The Morgan fingerprint density at radius 1 is 1.69 bits per heavy atom. The first-order valence-corrected chi connectivity index (χ1v) is 6.08. The zero-order valence-corrected chi connectivity index (χ0v) is 10.2. The molecular weight excluding hydrogens is 226 g/mol. The van der Waals surface area contributed by atoms with Crippen molar-refractivity contribution in [3.63, 3.8) is 0 Å². The largest absolute Gasteiger partial charge is 0.462 e. The van der Waals surface area contributed by atoms with Crippen molar-refractivity contribution < 1.29 is 9.53 Å². The van der Waals surface area contributed by atoms with Crippen LogP contribution in [0.2, 0.25) is 0 Å². The molecule has 2 rings (SSSR count). The van der Waals surface area contributed by atoms with Crippen molar-refractivity contribution in [2.75, 3.05) is 24.6 Å². The first-order valence-electron chi connectivity index (χ1n) is 5.27.